The van der Waals surface area contributed by atoms with Crippen molar-refractivity contribution < 1.29 is 0 Å². The molecule has 0 atom stereocenters. The predicted octanol–water partition coefficient (Wildman–Crippen LogP) is 3.24. The van der Waals surface area contributed by atoms with Crippen LogP contribution in [0.1, 0.15) is 0 Å². The van der Waals surface area contributed by atoms with Gasteiger partial charge in [-0.2, -0.15) is 10.2 Å². The molecule has 2 aromatic heterocycles. The number of rotatable bonds is 2. The van der Waals surface area contributed by atoms with Crippen molar-refractivity contribution in [2.24, 2.45) is 0 Å². The summed E-state index contributed by atoms with van der Waals surface area (Å²) in [6, 6.07) is 13.3. The number of fused-ring (bicyclic) bond motifs is 1. The Morgan fingerprint density at radius 1 is 0.808 bits per heavy atom. The Kier molecular flexibility index (Phi) is 4.06. The Balaban J connectivity index is 2.18. The van der Waals surface area contributed by atoms with Crippen LogP contribution in [0.4, 0.5) is 0 Å². The Morgan fingerprint density at radius 2 is 1.62 bits per heavy atom. The van der Waals surface area contributed by atoms with E-state index in [9.17, 15) is 9.59 Å². The number of aromatic nitrogens is 4. The maximum Gasteiger partial charge on any atom is 0.340 e. The Labute approximate surface area is 156 Å². The van der Waals surface area contributed by atoms with Gasteiger partial charge in [-0.1, -0.05) is 35.3 Å². The predicted molar refractivity (Wildman–Crippen MR) is 101 cm³/mol. The topological polar surface area (TPSA) is 69.8 Å². The highest BCUT2D eigenvalue weighted by Crippen LogP contribution is 2.25. The molecule has 0 fully saturated rings. The summed E-state index contributed by atoms with van der Waals surface area (Å²) in [5.41, 5.74) is 0.320. The fourth-order valence-corrected chi connectivity index (χ4v) is 3.07. The van der Waals surface area contributed by atoms with Crippen molar-refractivity contribution in [1.29, 1.82) is 0 Å². The van der Waals surface area contributed by atoms with E-state index >= 15 is 0 Å². The molecule has 6 nitrogen and oxygen atoms in total. The smallest absolute Gasteiger partial charge is 0.268 e. The first-order chi connectivity index (χ1) is 12.6. The number of hydrogen-bond acceptors (Lipinski definition) is 4. The second-order valence-corrected chi connectivity index (χ2v) is 6.29. The molecular weight excluding hydrogens is 375 g/mol. The summed E-state index contributed by atoms with van der Waals surface area (Å²) in [6.07, 6.45) is 2.77. The minimum atomic E-state index is -0.542. The van der Waals surface area contributed by atoms with Crippen LogP contribution in [0.2, 0.25) is 10.0 Å². The second-order valence-electron chi connectivity index (χ2n) is 5.47. The highest BCUT2D eigenvalue weighted by molar-refractivity contribution is 6.42. The van der Waals surface area contributed by atoms with Crippen molar-refractivity contribution in [3.63, 3.8) is 0 Å². The molecule has 128 valence electrons. The molecule has 0 N–H and O–H groups in total. The van der Waals surface area contributed by atoms with E-state index in [0.29, 0.717) is 32.3 Å². The van der Waals surface area contributed by atoms with Crippen LogP contribution in [-0.2, 0) is 0 Å². The summed E-state index contributed by atoms with van der Waals surface area (Å²) in [6.45, 7) is 0. The number of hydrogen-bond donors (Lipinski definition) is 0. The molecule has 26 heavy (non-hydrogen) atoms. The lowest BCUT2D eigenvalue weighted by Gasteiger charge is -2.14. The van der Waals surface area contributed by atoms with Crippen LogP contribution in [0, 0.1) is 0 Å². The van der Waals surface area contributed by atoms with Crippen molar-refractivity contribution in [1.82, 2.24) is 19.3 Å². The van der Waals surface area contributed by atoms with Gasteiger partial charge in [0, 0.05) is 0 Å². The van der Waals surface area contributed by atoms with Crippen molar-refractivity contribution in [3.05, 3.63) is 91.8 Å². The van der Waals surface area contributed by atoms with E-state index in [1.807, 2.05) is 0 Å². The number of halogens is 2. The van der Waals surface area contributed by atoms with Crippen molar-refractivity contribution in [3.8, 4) is 11.4 Å². The molecule has 4 aromatic rings. The summed E-state index contributed by atoms with van der Waals surface area (Å²) in [5, 5.41) is 8.51. The van der Waals surface area contributed by atoms with Gasteiger partial charge in [-0.15, -0.1) is 0 Å². The first-order valence-corrected chi connectivity index (χ1v) is 8.33. The van der Waals surface area contributed by atoms with Crippen molar-refractivity contribution in [2.45, 2.75) is 0 Å². The molecule has 0 bridgehead atoms. The molecule has 4 rings (SSSR count). The zero-order valence-corrected chi connectivity index (χ0v) is 14.6. The highest BCUT2D eigenvalue weighted by Gasteiger charge is 2.16. The molecule has 0 saturated heterocycles. The fourth-order valence-electron chi connectivity index (χ4n) is 2.78. The summed E-state index contributed by atoms with van der Waals surface area (Å²) < 4.78 is 2.47. The quantitative estimate of drug-likeness (QED) is 0.531. The third kappa shape index (κ3) is 2.60. The molecule has 0 aliphatic heterocycles. The zero-order valence-electron chi connectivity index (χ0n) is 13.1. The normalized spacial score (nSPS) is 11.0. The standard InChI is InChI=1S/C18H10Cl2N4O2/c19-14-6-5-11(9-15(14)20)23-16-4-2-1-3-13(16)17(25)24(18(23)26)12-7-8-21-22-10-12/h1-10H. The van der Waals surface area contributed by atoms with Crippen molar-refractivity contribution in [2.75, 3.05) is 0 Å². The lowest BCUT2D eigenvalue weighted by molar-refractivity contribution is 0.823. The molecule has 2 heterocycles. The minimum absolute atomic E-state index is 0.309. The maximum absolute atomic E-state index is 13.2. The molecule has 0 saturated carbocycles. The summed E-state index contributed by atoms with van der Waals surface area (Å²) >= 11 is 12.1. The van der Waals surface area contributed by atoms with Crippen LogP contribution in [0.15, 0.2) is 70.5 Å². The van der Waals surface area contributed by atoms with Crippen LogP contribution in [-0.4, -0.2) is 19.3 Å². The zero-order chi connectivity index (χ0) is 18.3. The van der Waals surface area contributed by atoms with E-state index in [0.717, 1.165) is 4.57 Å². The number of para-hydroxylation sites is 1. The first-order valence-electron chi connectivity index (χ1n) is 7.57. The van der Waals surface area contributed by atoms with Crippen LogP contribution in [0.3, 0.4) is 0 Å². The average molecular weight is 385 g/mol. The molecule has 0 radical (unpaired) electrons. The van der Waals surface area contributed by atoms with Gasteiger partial charge in [0.1, 0.15) is 0 Å². The minimum Gasteiger partial charge on any atom is -0.268 e. The summed E-state index contributed by atoms with van der Waals surface area (Å²) in [7, 11) is 0. The second kappa shape index (κ2) is 6.40. The van der Waals surface area contributed by atoms with E-state index in [1.54, 1.807) is 48.5 Å². The van der Waals surface area contributed by atoms with Gasteiger partial charge in [-0.05, 0) is 36.4 Å². The summed E-state index contributed by atoms with van der Waals surface area (Å²) in [4.78, 5) is 26.1. The van der Waals surface area contributed by atoms with Crippen LogP contribution >= 0.6 is 23.2 Å². The molecular formula is C18H10Cl2N4O2. The Morgan fingerprint density at radius 3 is 2.35 bits per heavy atom. The van der Waals surface area contributed by atoms with Gasteiger partial charge in [-0.25, -0.2) is 9.36 Å². The monoisotopic (exact) mass is 384 g/mol. The Bertz CT molecular complexity index is 1250. The van der Waals surface area contributed by atoms with Crippen LogP contribution in [0.5, 0.6) is 0 Å². The summed E-state index contributed by atoms with van der Waals surface area (Å²) in [5.74, 6) is 0. The van der Waals surface area contributed by atoms with Gasteiger partial charge < -0.3 is 0 Å². The lowest BCUT2D eigenvalue weighted by Crippen LogP contribution is -2.38. The Hall–Kier alpha value is -2.96. The molecule has 0 amide bonds. The van der Waals surface area contributed by atoms with Gasteiger partial charge in [0.05, 0.1) is 44.7 Å². The number of benzene rings is 2. The van der Waals surface area contributed by atoms with Crippen LogP contribution in [0.25, 0.3) is 22.3 Å². The third-order valence-corrected chi connectivity index (χ3v) is 4.69. The van der Waals surface area contributed by atoms with Gasteiger partial charge in [0.25, 0.3) is 5.56 Å². The average Bonchev–Trinajstić information content (AvgIpc) is 2.66. The molecule has 2 aromatic carbocycles. The largest absolute Gasteiger partial charge is 0.340 e. The fraction of sp³-hybridized carbons (Fsp3) is 0. The van der Waals surface area contributed by atoms with Crippen molar-refractivity contribution >= 4 is 34.1 Å². The highest BCUT2D eigenvalue weighted by atomic mass is 35.5. The number of nitrogens with zero attached hydrogens (tertiary/aromatic N) is 4. The van der Waals surface area contributed by atoms with E-state index in [1.165, 1.54) is 17.0 Å². The maximum atomic E-state index is 13.2. The third-order valence-electron chi connectivity index (χ3n) is 3.95. The molecule has 8 heteroatoms. The van der Waals surface area contributed by atoms with Gasteiger partial charge in [0.2, 0.25) is 0 Å². The van der Waals surface area contributed by atoms with Crippen LogP contribution < -0.4 is 11.2 Å². The molecule has 0 spiro atoms. The van der Waals surface area contributed by atoms with E-state index in [-0.39, 0.29) is 0 Å². The van der Waals surface area contributed by atoms with E-state index in [4.69, 9.17) is 23.2 Å². The molecule has 0 aliphatic carbocycles. The van der Waals surface area contributed by atoms with Gasteiger partial charge in [-0.3, -0.25) is 9.36 Å². The molecule has 0 unspecified atom stereocenters. The van der Waals surface area contributed by atoms with E-state index in [2.05, 4.69) is 10.2 Å². The first kappa shape index (κ1) is 16.5. The lowest BCUT2D eigenvalue weighted by atomic mass is 10.2. The van der Waals surface area contributed by atoms with E-state index < -0.39 is 11.2 Å². The van der Waals surface area contributed by atoms with Gasteiger partial charge >= 0.3 is 5.69 Å². The van der Waals surface area contributed by atoms with Gasteiger partial charge in [0.15, 0.2) is 0 Å². The SMILES string of the molecule is O=c1c2ccccc2n(-c2ccc(Cl)c(Cl)c2)c(=O)n1-c1ccnnc1. The molecule has 0 aliphatic rings.